The average molecular weight is 329 g/mol. The summed E-state index contributed by atoms with van der Waals surface area (Å²) < 4.78 is 12.3. The number of carbonyl (C=O) groups excluding carboxylic acids is 1. The number of aryl methyl sites for hydroxylation is 1. The molecule has 1 amide bonds. The van der Waals surface area contributed by atoms with Crippen LogP contribution in [-0.2, 0) is 13.5 Å². The van der Waals surface area contributed by atoms with E-state index in [1.165, 1.54) is 0 Å². The molecule has 1 aromatic carbocycles. The van der Waals surface area contributed by atoms with Gasteiger partial charge in [-0.25, -0.2) is 0 Å². The highest BCUT2D eigenvalue weighted by atomic mass is 16.7. The monoisotopic (exact) mass is 329 g/mol. The Bertz CT molecular complexity index is 773. The fraction of sp³-hybridized carbons (Fsp3) is 0.412. The van der Waals surface area contributed by atoms with E-state index in [4.69, 9.17) is 9.47 Å². The van der Waals surface area contributed by atoms with Crippen LogP contribution in [0.4, 0.5) is 0 Å². The molecular weight excluding hydrogens is 310 g/mol. The number of aliphatic hydroxyl groups is 1. The first-order chi connectivity index (χ1) is 11.6. The standard InChI is InChI=1S/C17H19N3O4/c1-19-9-11(8-18-19)6-13-14(21)4-5-20(13)17(22)12-2-3-15-16(7-12)24-10-23-15/h2-3,7-9,13-14,21H,4-6,10H2,1H3/t13-,14-/m0/s1. The van der Waals surface area contributed by atoms with Crippen LogP contribution in [-0.4, -0.2) is 51.2 Å². The van der Waals surface area contributed by atoms with Crippen molar-refractivity contribution in [3.05, 3.63) is 41.7 Å². The van der Waals surface area contributed by atoms with Crippen molar-refractivity contribution in [1.29, 1.82) is 0 Å². The van der Waals surface area contributed by atoms with Gasteiger partial charge in [0.2, 0.25) is 6.79 Å². The van der Waals surface area contributed by atoms with Crippen LogP contribution in [0, 0.1) is 0 Å². The van der Waals surface area contributed by atoms with Crippen molar-refractivity contribution in [1.82, 2.24) is 14.7 Å². The first kappa shape index (κ1) is 15.0. The lowest BCUT2D eigenvalue weighted by Gasteiger charge is -2.26. The Morgan fingerprint density at radius 1 is 1.38 bits per heavy atom. The van der Waals surface area contributed by atoms with E-state index >= 15 is 0 Å². The Morgan fingerprint density at radius 3 is 3.00 bits per heavy atom. The van der Waals surface area contributed by atoms with Gasteiger partial charge in [-0.15, -0.1) is 0 Å². The molecule has 1 aromatic heterocycles. The lowest BCUT2D eigenvalue weighted by molar-refractivity contribution is 0.0639. The van der Waals surface area contributed by atoms with E-state index in [0.29, 0.717) is 36.4 Å². The Balaban J connectivity index is 1.56. The molecule has 0 unspecified atom stereocenters. The normalized spacial score (nSPS) is 22.2. The largest absolute Gasteiger partial charge is 0.454 e. The van der Waals surface area contributed by atoms with E-state index in [-0.39, 0.29) is 18.7 Å². The number of hydrogen-bond donors (Lipinski definition) is 1. The summed E-state index contributed by atoms with van der Waals surface area (Å²) >= 11 is 0. The van der Waals surface area contributed by atoms with Crippen molar-refractivity contribution in [3.8, 4) is 11.5 Å². The Morgan fingerprint density at radius 2 is 2.21 bits per heavy atom. The van der Waals surface area contributed by atoms with Crippen molar-refractivity contribution >= 4 is 5.91 Å². The third-order valence-electron chi connectivity index (χ3n) is 4.59. The number of carbonyl (C=O) groups is 1. The number of aromatic nitrogens is 2. The van der Waals surface area contributed by atoms with Gasteiger partial charge in [-0.3, -0.25) is 9.48 Å². The zero-order valence-electron chi connectivity index (χ0n) is 13.4. The van der Waals surface area contributed by atoms with E-state index in [0.717, 1.165) is 5.56 Å². The molecule has 0 spiro atoms. The van der Waals surface area contributed by atoms with Crippen molar-refractivity contribution in [3.63, 3.8) is 0 Å². The number of nitrogens with zero attached hydrogens (tertiary/aromatic N) is 3. The molecule has 24 heavy (non-hydrogen) atoms. The summed E-state index contributed by atoms with van der Waals surface area (Å²) in [6, 6.07) is 4.95. The second-order valence-electron chi connectivity index (χ2n) is 6.22. The maximum atomic E-state index is 12.9. The number of ether oxygens (including phenoxy) is 2. The SMILES string of the molecule is Cn1cc(C[C@H]2[C@@H](O)CCN2C(=O)c2ccc3c(c2)OCO3)cn1. The molecule has 126 valence electrons. The highest BCUT2D eigenvalue weighted by Gasteiger charge is 2.36. The predicted octanol–water partition coefficient (Wildman–Crippen LogP) is 0.967. The van der Waals surface area contributed by atoms with Crippen LogP contribution in [0.5, 0.6) is 11.5 Å². The van der Waals surface area contributed by atoms with Crippen LogP contribution in [0.1, 0.15) is 22.3 Å². The highest BCUT2D eigenvalue weighted by Crippen LogP contribution is 2.33. The van der Waals surface area contributed by atoms with Gasteiger partial charge in [-0.2, -0.15) is 5.10 Å². The molecule has 2 aliphatic rings. The van der Waals surface area contributed by atoms with Gasteiger partial charge < -0.3 is 19.5 Å². The maximum absolute atomic E-state index is 12.9. The number of aliphatic hydroxyl groups excluding tert-OH is 1. The summed E-state index contributed by atoms with van der Waals surface area (Å²) in [6.07, 6.45) is 4.33. The summed E-state index contributed by atoms with van der Waals surface area (Å²) in [6.45, 7) is 0.721. The van der Waals surface area contributed by atoms with E-state index in [1.807, 2.05) is 13.2 Å². The van der Waals surface area contributed by atoms with Crippen LogP contribution in [0.25, 0.3) is 0 Å². The van der Waals surface area contributed by atoms with Gasteiger partial charge in [0.1, 0.15) is 0 Å². The van der Waals surface area contributed by atoms with Gasteiger partial charge in [0, 0.05) is 25.4 Å². The van der Waals surface area contributed by atoms with E-state index in [1.54, 1.807) is 34.0 Å². The second-order valence-corrected chi connectivity index (χ2v) is 6.22. The number of likely N-dealkylation sites (tertiary alicyclic amines) is 1. The molecule has 4 rings (SSSR count). The Labute approximate surface area is 139 Å². The third-order valence-corrected chi connectivity index (χ3v) is 4.59. The van der Waals surface area contributed by atoms with Crippen LogP contribution >= 0.6 is 0 Å². The lowest BCUT2D eigenvalue weighted by Crippen LogP contribution is -2.41. The second kappa shape index (κ2) is 5.83. The zero-order chi connectivity index (χ0) is 16.7. The van der Waals surface area contributed by atoms with E-state index < -0.39 is 6.10 Å². The van der Waals surface area contributed by atoms with Gasteiger partial charge >= 0.3 is 0 Å². The summed E-state index contributed by atoms with van der Waals surface area (Å²) in [5.41, 5.74) is 1.55. The third kappa shape index (κ3) is 2.60. The molecule has 2 aromatic rings. The lowest BCUT2D eigenvalue weighted by atomic mass is 10.0. The van der Waals surface area contributed by atoms with Gasteiger partial charge in [0.15, 0.2) is 11.5 Å². The summed E-state index contributed by atoms with van der Waals surface area (Å²) in [4.78, 5) is 14.6. The van der Waals surface area contributed by atoms with Gasteiger partial charge in [0.25, 0.3) is 5.91 Å². The topological polar surface area (TPSA) is 76.8 Å². The van der Waals surface area contributed by atoms with Crippen molar-refractivity contribution < 1.29 is 19.4 Å². The van der Waals surface area contributed by atoms with Crippen LogP contribution in [0.3, 0.4) is 0 Å². The van der Waals surface area contributed by atoms with Crippen molar-refractivity contribution in [2.45, 2.75) is 25.0 Å². The van der Waals surface area contributed by atoms with E-state index in [2.05, 4.69) is 5.10 Å². The van der Waals surface area contributed by atoms with Crippen LogP contribution in [0.2, 0.25) is 0 Å². The first-order valence-corrected chi connectivity index (χ1v) is 7.98. The molecule has 0 saturated carbocycles. The fourth-order valence-corrected chi connectivity index (χ4v) is 3.35. The van der Waals surface area contributed by atoms with E-state index in [9.17, 15) is 9.90 Å². The highest BCUT2D eigenvalue weighted by molar-refractivity contribution is 5.95. The molecular formula is C17H19N3O4. The van der Waals surface area contributed by atoms with Crippen LogP contribution < -0.4 is 9.47 Å². The van der Waals surface area contributed by atoms with Gasteiger partial charge in [0.05, 0.1) is 18.3 Å². The molecule has 7 heteroatoms. The Kier molecular flexibility index (Phi) is 3.65. The fourth-order valence-electron chi connectivity index (χ4n) is 3.35. The summed E-state index contributed by atoms with van der Waals surface area (Å²) in [5.74, 6) is 1.14. The molecule has 0 aliphatic carbocycles. The molecule has 7 nitrogen and oxygen atoms in total. The molecule has 1 fully saturated rings. The molecule has 1 N–H and O–H groups in total. The van der Waals surface area contributed by atoms with Gasteiger partial charge in [-0.1, -0.05) is 0 Å². The average Bonchev–Trinajstić information content (AvgIpc) is 3.28. The minimum atomic E-state index is -0.525. The molecule has 2 aliphatic heterocycles. The number of benzene rings is 1. The first-order valence-electron chi connectivity index (χ1n) is 7.98. The zero-order valence-corrected chi connectivity index (χ0v) is 13.4. The summed E-state index contributed by atoms with van der Waals surface area (Å²) in [5, 5.41) is 14.5. The molecule has 0 bridgehead atoms. The quantitative estimate of drug-likeness (QED) is 0.908. The number of amides is 1. The van der Waals surface area contributed by atoms with Gasteiger partial charge in [-0.05, 0) is 36.6 Å². The van der Waals surface area contributed by atoms with Crippen LogP contribution in [0.15, 0.2) is 30.6 Å². The molecule has 1 saturated heterocycles. The van der Waals surface area contributed by atoms with Crippen molar-refractivity contribution in [2.24, 2.45) is 7.05 Å². The smallest absolute Gasteiger partial charge is 0.254 e. The minimum absolute atomic E-state index is 0.0984. The van der Waals surface area contributed by atoms with Crippen molar-refractivity contribution in [2.75, 3.05) is 13.3 Å². The molecule has 0 radical (unpaired) electrons. The Hall–Kier alpha value is -2.54. The molecule has 3 heterocycles. The maximum Gasteiger partial charge on any atom is 0.254 e. The number of hydrogen-bond acceptors (Lipinski definition) is 5. The predicted molar refractivity (Wildman–Crippen MR) is 84.9 cm³/mol. The summed E-state index contributed by atoms with van der Waals surface area (Å²) in [7, 11) is 1.85. The number of fused-ring (bicyclic) bond motifs is 1. The number of rotatable bonds is 3. The molecule has 2 atom stereocenters. The minimum Gasteiger partial charge on any atom is -0.454 e.